The molecule has 5 nitrogen and oxygen atoms in total. The van der Waals surface area contributed by atoms with Crippen LogP contribution in [-0.2, 0) is 4.79 Å². The topological polar surface area (TPSA) is 66.9 Å². The molecule has 1 amide bonds. The molecule has 1 aromatic carbocycles. The lowest BCUT2D eigenvalue weighted by Gasteiger charge is -2.21. The number of nitrogens with zero attached hydrogens (tertiary/aromatic N) is 2. The van der Waals surface area contributed by atoms with Crippen molar-refractivity contribution in [3.8, 4) is 11.4 Å². The van der Waals surface area contributed by atoms with E-state index in [0.29, 0.717) is 11.0 Å². The summed E-state index contributed by atoms with van der Waals surface area (Å²) in [5.74, 6) is 0.642. The van der Waals surface area contributed by atoms with E-state index in [2.05, 4.69) is 20.0 Å². The van der Waals surface area contributed by atoms with Gasteiger partial charge in [-0.3, -0.25) is 10.1 Å². The number of hydrogen-bond donors (Lipinski definition) is 2. The molecule has 1 aliphatic heterocycles. The van der Waals surface area contributed by atoms with E-state index >= 15 is 0 Å². The molecule has 1 fully saturated rings. The first-order valence-electron chi connectivity index (χ1n) is 6.76. The maximum Gasteiger partial charge on any atom is 0.243 e. The van der Waals surface area contributed by atoms with Crippen LogP contribution in [0, 0.1) is 0 Å². The molecule has 20 heavy (non-hydrogen) atoms. The van der Waals surface area contributed by atoms with Crippen LogP contribution in [0.15, 0.2) is 30.3 Å². The maximum atomic E-state index is 12.1. The summed E-state index contributed by atoms with van der Waals surface area (Å²) >= 11 is 1.22. The smallest absolute Gasteiger partial charge is 0.243 e. The molecule has 0 aliphatic carbocycles. The van der Waals surface area contributed by atoms with Crippen LogP contribution in [0.4, 0.5) is 5.13 Å². The predicted octanol–water partition coefficient (Wildman–Crippen LogP) is 2.29. The summed E-state index contributed by atoms with van der Waals surface area (Å²) < 4.78 is 4.28. The van der Waals surface area contributed by atoms with Gasteiger partial charge in [0.2, 0.25) is 11.0 Å². The third kappa shape index (κ3) is 3.02. The molecular weight excluding hydrogens is 272 g/mol. The Morgan fingerprint density at radius 2 is 2.15 bits per heavy atom. The van der Waals surface area contributed by atoms with Crippen LogP contribution in [0.25, 0.3) is 11.4 Å². The lowest BCUT2D eigenvalue weighted by atomic mass is 10.0. The Bertz CT molecular complexity index is 578. The molecule has 6 heteroatoms. The highest BCUT2D eigenvalue weighted by atomic mass is 32.1. The highest BCUT2D eigenvalue weighted by Gasteiger charge is 2.21. The van der Waals surface area contributed by atoms with Crippen LogP contribution in [0.3, 0.4) is 0 Å². The quantitative estimate of drug-likeness (QED) is 0.909. The molecule has 1 aliphatic rings. The maximum absolute atomic E-state index is 12.1. The van der Waals surface area contributed by atoms with Gasteiger partial charge in [-0.2, -0.15) is 9.36 Å². The highest BCUT2D eigenvalue weighted by molar-refractivity contribution is 7.10. The van der Waals surface area contributed by atoms with Crippen molar-refractivity contribution in [1.29, 1.82) is 0 Å². The van der Waals surface area contributed by atoms with Gasteiger partial charge >= 0.3 is 0 Å². The molecule has 2 N–H and O–H groups in total. The Kier molecular flexibility index (Phi) is 4.03. The summed E-state index contributed by atoms with van der Waals surface area (Å²) in [4.78, 5) is 16.4. The molecule has 3 rings (SSSR count). The minimum absolute atomic E-state index is 0.0135. The lowest BCUT2D eigenvalue weighted by molar-refractivity contribution is -0.118. The second-order valence-corrected chi connectivity index (χ2v) is 5.53. The van der Waals surface area contributed by atoms with Gasteiger partial charge in [0, 0.05) is 17.1 Å². The van der Waals surface area contributed by atoms with E-state index in [9.17, 15) is 4.79 Å². The fourth-order valence-electron chi connectivity index (χ4n) is 2.25. The molecule has 1 atom stereocenters. The number of amides is 1. The van der Waals surface area contributed by atoms with E-state index in [4.69, 9.17) is 0 Å². The summed E-state index contributed by atoms with van der Waals surface area (Å²) in [5.41, 5.74) is 0.958. The van der Waals surface area contributed by atoms with Crippen molar-refractivity contribution in [2.75, 3.05) is 11.9 Å². The number of rotatable bonds is 3. The Labute approximate surface area is 121 Å². The van der Waals surface area contributed by atoms with Gasteiger partial charge in [0.25, 0.3) is 0 Å². The molecule has 2 heterocycles. The van der Waals surface area contributed by atoms with E-state index in [1.165, 1.54) is 11.5 Å². The number of benzene rings is 1. The number of carbonyl (C=O) groups excluding carboxylic acids is 1. The zero-order chi connectivity index (χ0) is 13.8. The molecule has 1 saturated heterocycles. The SMILES string of the molecule is O=C(Nc1nc(-c2ccccc2)ns1)[C@@H]1CCCCN1. The third-order valence-electron chi connectivity index (χ3n) is 3.31. The standard InChI is InChI=1S/C14H16N4OS/c19-13(11-8-4-5-9-15-11)17-14-16-12(18-20-14)10-6-2-1-3-7-10/h1-3,6-7,11,15H,4-5,8-9H2,(H,16,17,18,19)/t11-/m0/s1. The highest BCUT2D eigenvalue weighted by Crippen LogP contribution is 2.21. The molecule has 0 bridgehead atoms. The van der Waals surface area contributed by atoms with Crippen molar-refractivity contribution in [3.63, 3.8) is 0 Å². The molecule has 0 saturated carbocycles. The Hall–Kier alpha value is -1.79. The Morgan fingerprint density at radius 1 is 1.30 bits per heavy atom. The van der Waals surface area contributed by atoms with Gasteiger partial charge in [0.05, 0.1) is 6.04 Å². The van der Waals surface area contributed by atoms with Crippen LogP contribution in [0.1, 0.15) is 19.3 Å². The van der Waals surface area contributed by atoms with Crippen molar-refractivity contribution >= 4 is 22.6 Å². The molecule has 2 aromatic rings. The number of nitrogens with one attached hydrogen (secondary N) is 2. The lowest BCUT2D eigenvalue weighted by Crippen LogP contribution is -2.43. The summed E-state index contributed by atoms with van der Waals surface area (Å²) in [5, 5.41) is 6.62. The van der Waals surface area contributed by atoms with E-state index in [1.54, 1.807) is 0 Å². The molecule has 104 valence electrons. The Balaban J connectivity index is 1.66. The number of hydrogen-bond acceptors (Lipinski definition) is 5. The van der Waals surface area contributed by atoms with Crippen LogP contribution < -0.4 is 10.6 Å². The van der Waals surface area contributed by atoms with Crippen LogP contribution in [-0.4, -0.2) is 27.9 Å². The number of piperidine rings is 1. The number of carbonyl (C=O) groups is 1. The van der Waals surface area contributed by atoms with Crippen molar-refractivity contribution in [3.05, 3.63) is 30.3 Å². The zero-order valence-electron chi connectivity index (χ0n) is 11.0. The van der Waals surface area contributed by atoms with Crippen molar-refractivity contribution in [2.45, 2.75) is 25.3 Å². The molecule has 1 aromatic heterocycles. The van der Waals surface area contributed by atoms with Gasteiger partial charge in [0.15, 0.2) is 5.82 Å². The first-order chi connectivity index (χ1) is 9.83. The minimum atomic E-state index is -0.104. The van der Waals surface area contributed by atoms with Gasteiger partial charge < -0.3 is 5.32 Å². The second-order valence-electron chi connectivity index (χ2n) is 4.78. The largest absolute Gasteiger partial charge is 0.306 e. The van der Waals surface area contributed by atoms with E-state index in [-0.39, 0.29) is 11.9 Å². The fraction of sp³-hybridized carbons (Fsp3) is 0.357. The average Bonchev–Trinajstić information content (AvgIpc) is 2.97. The summed E-state index contributed by atoms with van der Waals surface area (Å²) in [7, 11) is 0. The minimum Gasteiger partial charge on any atom is -0.306 e. The summed E-state index contributed by atoms with van der Waals surface area (Å²) in [6, 6.07) is 9.65. The predicted molar refractivity (Wildman–Crippen MR) is 79.6 cm³/mol. The second kappa shape index (κ2) is 6.11. The zero-order valence-corrected chi connectivity index (χ0v) is 11.8. The molecule has 0 unspecified atom stereocenters. The van der Waals surface area contributed by atoms with Crippen molar-refractivity contribution in [2.24, 2.45) is 0 Å². The van der Waals surface area contributed by atoms with Crippen molar-refractivity contribution in [1.82, 2.24) is 14.7 Å². The number of aromatic nitrogens is 2. The van der Waals surface area contributed by atoms with Gasteiger partial charge in [-0.15, -0.1) is 0 Å². The van der Waals surface area contributed by atoms with E-state index < -0.39 is 0 Å². The third-order valence-corrected chi connectivity index (χ3v) is 3.95. The van der Waals surface area contributed by atoms with E-state index in [0.717, 1.165) is 31.4 Å². The fourth-order valence-corrected chi connectivity index (χ4v) is 2.84. The average molecular weight is 288 g/mol. The van der Waals surface area contributed by atoms with E-state index in [1.807, 2.05) is 30.3 Å². The van der Waals surface area contributed by atoms with Gasteiger partial charge in [-0.25, -0.2) is 0 Å². The van der Waals surface area contributed by atoms with Gasteiger partial charge in [0.1, 0.15) is 0 Å². The number of anilines is 1. The monoisotopic (exact) mass is 288 g/mol. The normalized spacial score (nSPS) is 18.7. The Morgan fingerprint density at radius 3 is 2.90 bits per heavy atom. The van der Waals surface area contributed by atoms with Crippen LogP contribution in [0.5, 0.6) is 0 Å². The molecular formula is C14H16N4OS. The summed E-state index contributed by atoms with van der Waals surface area (Å²) in [6.45, 7) is 0.906. The van der Waals surface area contributed by atoms with Crippen LogP contribution in [0.2, 0.25) is 0 Å². The van der Waals surface area contributed by atoms with Crippen molar-refractivity contribution < 1.29 is 4.79 Å². The first kappa shape index (κ1) is 13.2. The van der Waals surface area contributed by atoms with Gasteiger partial charge in [-0.1, -0.05) is 36.8 Å². The first-order valence-corrected chi connectivity index (χ1v) is 7.53. The van der Waals surface area contributed by atoms with Crippen LogP contribution >= 0.6 is 11.5 Å². The molecule has 0 spiro atoms. The molecule has 0 radical (unpaired) electrons. The summed E-state index contributed by atoms with van der Waals surface area (Å²) in [6.07, 6.45) is 3.12. The van der Waals surface area contributed by atoms with Gasteiger partial charge in [-0.05, 0) is 19.4 Å².